The highest BCUT2D eigenvalue weighted by Crippen LogP contribution is 2.29. The van der Waals surface area contributed by atoms with Crippen LogP contribution in [0.1, 0.15) is 32.8 Å². The van der Waals surface area contributed by atoms with E-state index >= 15 is 0 Å². The summed E-state index contributed by atoms with van der Waals surface area (Å²) in [5.41, 5.74) is 2.59. The first-order valence-electron chi connectivity index (χ1n) is 5.71. The van der Waals surface area contributed by atoms with Gasteiger partial charge in [0.1, 0.15) is 0 Å². The van der Waals surface area contributed by atoms with Crippen LogP contribution in [0.25, 0.3) is 0 Å². The third-order valence-electron chi connectivity index (χ3n) is 2.56. The van der Waals surface area contributed by atoms with Crippen molar-refractivity contribution in [2.45, 2.75) is 38.6 Å². The third kappa shape index (κ3) is 3.49. The summed E-state index contributed by atoms with van der Waals surface area (Å²) in [5, 5.41) is 0.904. The van der Waals surface area contributed by atoms with Gasteiger partial charge in [0, 0.05) is 22.4 Å². The Morgan fingerprint density at radius 3 is 2.44 bits per heavy atom. The molecule has 0 radical (unpaired) electrons. The third-order valence-corrected chi connectivity index (χ3v) is 3.85. The first-order chi connectivity index (χ1) is 7.60. The zero-order valence-corrected chi connectivity index (χ0v) is 13.3. The zero-order valence-electron chi connectivity index (χ0n) is 10.1. The van der Waals surface area contributed by atoms with E-state index in [1.807, 2.05) is 0 Å². The molecule has 0 heterocycles. The molecule has 3 heteroatoms. The number of hydrogen-bond acceptors (Lipinski definition) is 1. The molecule has 0 amide bonds. The molecule has 0 fully saturated rings. The lowest BCUT2D eigenvalue weighted by molar-refractivity contribution is 0.670. The highest BCUT2D eigenvalue weighted by molar-refractivity contribution is 9.10. The van der Waals surface area contributed by atoms with Crippen LogP contribution in [0.3, 0.4) is 0 Å². The molecule has 0 unspecified atom stereocenters. The predicted octanol–water partition coefficient (Wildman–Crippen LogP) is 4.97. The fraction of sp³-hybridized carbons (Fsp3) is 0.538. The number of anilines is 1. The lowest BCUT2D eigenvalue weighted by Crippen LogP contribution is -2.31. The van der Waals surface area contributed by atoms with Gasteiger partial charge >= 0.3 is 0 Å². The maximum atomic E-state index is 3.66. The monoisotopic (exact) mass is 347 g/mol. The summed E-state index contributed by atoms with van der Waals surface area (Å²) >= 11 is 7.14. The highest BCUT2D eigenvalue weighted by Gasteiger charge is 2.12. The van der Waals surface area contributed by atoms with Gasteiger partial charge in [-0.15, -0.1) is 0 Å². The van der Waals surface area contributed by atoms with Gasteiger partial charge in [0.05, 0.1) is 5.69 Å². The Morgan fingerprint density at radius 1 is 1.31 bits per heavy atom. The van der Waals surface area contributed by atoms with E-state index in [9.17, 15) is 0 Å². The smallest absolute Gasteiger partial charge is 0.0513 e. The van der Waals surface area contributed by atoms with Crippen molar-refractivity contribution in [3.05, 3.63) is 28.2 Å². The quantitative estimate of drug-likeness (QED) is 0.679. The van der Waals surface area contributed by atoms with Gasteiger partial charge in [-0.3, -0.25) is 0 Å². The van der Waals surface area contributed by atoms with Crippen LogP contribution in [-0.4, -0.2) is 12.6 Å². The van der Waals surface area contributed by atoms with Gasteiger partial charge < -0.3 is 4.90 Å². The number of nitrogens with zero attached hydrogens (tertiary/aromatic N) is 1. The summed E-state index contributed by atoms with van der Waals surface area (Å²) in [5.74, 6) is 0. The van der Waals surface area contributed by atoms with Gasteiger partial charge in [-0.25, -0.2) is 0 Å². The lowest BCUT2D eigenvalue weighted by Gasteiger charge is -2.29. The minimum atomic E-state index is 0.533. The van der Waals surface area contributed by atoms with Crippen molar-refractivity contribution in [1.29, 1.82) is 0 Å². The van der Waals surface area contributed by atoms with Gasteiger partial charge in [-0.05, 0) is 53.9 Å². The molecule has 0 aliphatic rings. The van der Waals surface area contributed by atoms with Crippen LogP contribution in [0.2, 0.25) is 0 Å². The number of alkyl halides is 1. The van der Waals surface area contributed by atoms with Gasteiger partial charge in [-0.2, -0.15) is 0 Å². The lowest BCUT2D eigenvalue weighted by atomic mass is 10.2. The van der Waals surface area contributed by atoms with E-state index in [0.717, 1.165) is 11.9 Å². The molecule has 0 N–H and O–H groups in total. The topological polar surface area (TPSA) is 3.24 Å². The van der Waals surface area contributed by atoms with E-state index in [0.29, 0.717) is 6.04 Å². The van der Waals surface area contributed by atoms with Crippen molar-refractivity contribution in [3.8, 4) is 0 Å². The van der Waals surface area contributed by atoms with Gasteiger partial charge in [-0.1, -0.05) is 28.9 Å². The maximum Gasteiger partial charge on any atom is 0.0513 e. The van der Waals surface area contributed by atoms with E-state index in [2.05, 4.69) is 75.7 Å². The molecule has 0 saturated heterocycles. The van der Waals surface area contributed by atoms with Crippen molar-refractivity contribution in [2.75, 3.05) is 11.4 Å². The van der Waals surface area contributed by atoms with Crippen LogP contribution < -0.4 is 4.90 Å². The van der Waals surface area contributed by atoms with Crippen molar-refractivity contribution < 1.29 is 0 Å². The molecular weight excluding hydrogens is 330 g/mol. The Hall–Kier alpha value is -0.0200. The molecule has 0 saturated carbocycles. The fourth-order valence-corrected chi connectivity index (χ4v) is 2.77. The second kappa shape index (κ2) is 6.65. The van der Waals surface area contributed by atoms with Crippen LogP contribution in [0.15, 0.2) is 22.7 Å². The second-order valence-corrected chi connectivity index (χ2v) is 5.62. The van der Waals surface area contributed by atoms with E-state index in [4.69, 9.17) is 0 Å². The van der Waals surface area contributed by atoms with E-state index in [1.54, 1.807) is 0 Å². The van der Waals surface area contributed by atoms with Crippen LogP contribution in [0, 0.1) is 0 Å². The molecule has 16 heavy (non-hydrogen) atoms. The number of benzene rings is 1. The van der Waals surface area contributed by atoms with Crippen LogP contribution in [0.5, 0.6) is 0 Å². The van der Waals surface area contributed by atoms with E-state index in [-0.39, 0.29) is 0 Å². The van der Waals surface area contributed by atoms with E-state index in [1.165, 1.54) is 22.1 Å². The average molecular weight is 349 g/mol. The number of halogens is 2. The Kier molecular flexibility index (Phi) is 5.84. The van der Waals surface area contributed by atoms with Crippen LogP contribution in [0.4, 0.5) is 5.69 Å². The molecule has 1 aromatic carbocycles. The maximum absolute atomic E-state index is 3.66. The summed E-state index contributed by atoms with van der Waals surface area (Å²) in [6, 6.07) is 7.11. The minimum absolute atomic E-state index is 0.533. The Bertz CT molecular complexity index is 337. The highest BCUT2D eigenvalue weighted by atomic mass is 79.9. The largest absolute Gasteiger partial charge is 0.368 e. The first-order valence-corrected chi connectivity index (χ1v) is 7.62. The Balaban J connectivity index is 3.00. The molecule has 1 rings (SSSR count). The summed E-state index contributed by atoms with van der Waals surface area (Å²) in [4.78, 5) is 2.43. The molecule has 90 valence electrons. The van der Waals surface area contributed by atoms with Gasteiger partial charge in [0.2, 0.25) is 0 Å². The molecule has 1 aromatic rings. The number of rotatable bonds is 5. The van der Waals surface area contributed by atoms with E-state index < -0.39 is 0 Å². The van der Waals surface area contributed by atoms with Crippen molar-refractivity contribution in [3.63, 3.8) is 0 Å². The van der Waals surface area contributed by atoms with Gasteiger partial charge in [0.15, 0.2) is 0 Å². The predicted molar refractivity (Wildman–Crippen MR) is 79.5 cm³/mol. The zero-order chi connectivity index (χ0) is 12.1. The van der Waals surface area contributed by atoms with Crippen molar-refractivity contribution in [2.24, 2.45) is 0 Å². The molecule has 0 aromatic heterocycles. The summed E-state index contributed by atoms with van der Waals surface area (Å²) in [7, 11) is 0. The van der Waals surface area contributed by atoms with Gasteiger partial charge in [0.25, 0.3) is 0 Å². The fourth-order valence-electron chi connectivity index (χ4n) is 1.76. The summed E-state index contributed by atoms with van der Waals surface area (Å²) < 4.78 is 1.19. The Labute approximate surface area is 115 Å². The number of hydrogen-bond donors (Lipinski definition) is 0. The van der Waals surface area contributed by atoms with Crippen molar-refractivity contribution >= 4 is 37.5 Å². The average Bonchev–Trinajstić information content (AvgIpc) is 2.26. The first kappa shape index (κ1) is 14.0. The van der Waals surface area contributed by atoms with Crippen LogP contribution >= 0.6 is 31.9 Å². The summed E-state index contributed by atoms with van der Waals surface area (Å²) in [6.07, 6.45) is 1.17. The summed E-state index contributed by atoms with van der Waals surface area (Å²) in [6.45, 7) is 7.79. The molecular formula is C13H19Br2N. The molecule has 0 spiro atoms. The van der Waals surface area contributed by atoms with Crippen LogP contribution in [-0.2, 0) is 5.33 Å². The Morgan fingerprint density at radius 2 is 2.00 bits per heavy atom. The second-order valence-electron chi connectivity index (χ2n) is 4.21. The SMILES string of the molecule is CCCN(c1ccc(CBr)cc1Br)C(C)C. The molecule has 0 atom stereocenters. The normalized spacial score (nSPS) is 10.9. The molecule has 0 bridgehead atoms. The molecule has 0 aliphatic carbocycles. The minimum Gasteiger partial charge on any atom is -0.368 e. The van der Waals surface area contributed by atoms with Crippen molar-refractivity contribution in [1.82, 2.24) is 0 Å². The molecule has 1 nitrogen and oxygen atoms in total. The molecule has 0 aliphatic heterocycles. The standard InChI is InChI=1S/C13H19Br2N/c1-4-7-16(10(2)3)13-6-5-11(9-14)8-12(13)15/h5-6,8,10H,4,7,9H2,1-3H3.